The molecule has 5 heteroatoms. The third-order valence-corrected chi connectivity index (χ3v) is 2.66. The molecule has 0 spiro atoms. The summed E-state index contributed by atoms with van der Waals surface area (Å²) in [5, 5.41) is 9.40. The number of carbonyl (C=O) groups excluding carboxylic acids is 1. The summed E-state index contributed by atoms with van der Waals surface area (Å²) in [5.41, 5.74) is 10.9. The molecule has 94 valence electrons. The van der Waals surface area contributed by atoms with Crippen LogP contribution in [-0.4, -0.2) is 23.7 Å². The number of primary amides is 1. The predicted molar refractivity (Wildman–Crippen MR) is 62.5 cm³/mol. The standard InChI is InChI=1S/C12H17FN2O2/c13-11-4-2-1-3-8(11)5-9(12(15)17)6-10(16)7-14/h1-4,9-10,16H,5-7,14H2,(H2,15,17)/t9-,10+/m1/s1. The van der Waals surface area contributed by atoms with Gasteiger partial charge in [-0.1, -0.05) is 18.2 Å². The molecule has 0 saturated carbocycles. The zero-order valence-corrected chi connectivity index (χ0v) is 9.47. The second-order valence-electron chi connectivity index (χ2n) is 4.02. The van der Waals surface area contributed by atoms with Gasteiger partial charge in [-0.05, 0) is 24.5 Å². The van der Waals surface area contributed by atoms with Gasteiger partial charge in [-0.3, -0.25) is 4.79 Å². The summed E-state index contributed by atoms with van der Waals surface area (Å²) >= 11 is 0. The third kappa shape index (κ3) is 4.13. The monoisotopic (exact) mass is 240 g/mol. The highest BCUT2D eigenvalue weighted by Crippen LogP contribution is 2.16. The van der Waals surface area contributed by atoms with Crippen molar-refractivity contribution in [3.05, 3.63) is 35.6 Å². The van der Waals surface area contributed by atoms with Crippen LogP contribution in [0.2, 0.25) is 0 Å². The van der Waals surface area contributed by atoms with Crippen LogP contribution in [0.5, 0.6) is 0 Å². The van der Waals surface area contributed by atoms with Crippen LogP contribution in [0.15, 0.2) is 24.3 Å². The van der Waals surface area contributed by atoms with Crippen molar-refractivity contribution < 1.29 is 14.3 Å². The molecule has 0 radical (unpaired) electrons. The van der Waals surface area contributed by atoms with Gasteiger partial charge in [-0.25, -0.2) is 4.39 Å². The van der Waals surface area contributed by atoms with E-state index >= 15 is 0 Å². The number of aliphatic hydroxyl groups is 1. The lowest BCUT2D eigenvalue weighted by atomic mass is 9.93. The third-order valence-electron chi connectivity index (χ3n) is 2.66. The first-order chi connectivity index (χ1) is 8.04. The first-order valence-electron chi connectivity index (χ1n) is 5.45. The van der Waals surface area contributed by atoms with E-state index in [1.54, 1.807) is 18.2 Å². The van der Waals surface area contributed by atoms with Crippen molar-refractivity contribution in [2.24, 2.45) is 17.4 Å². The summed E-state index contributed by atoms with van der Waals surface area (Å²) in [5.74, 6) is -1.54. The first kappa shape index (κ1) is 13.6. The van der Waals surface area contributed by atoms with Gasteiger partial charge in [0.15, 0.2) is 0 Å². The number of amides is 1. The fraction of sp³-hybridized carbons (Fsp3) is 0.417. The topological polar surface area (TPSA) is 89.3 Å². The van der Waals surface area contributed by atoms with Gasteiger partial charge in [0.05, 0.1) is 6.10 Å². The molecule has 0 saturated heterocycles. The van der Waals surface area contributed by atoms with Crippen molar-refractivity contribution in [2.45, 2.75) is 18.9 Å². The van der Waals surface area contributed by atoms with Crippen molar-refractivity contribution in [1.82, 2.24) is 0 Å². The molecule has 1 aromatic carbocycles. The van der Waals surface area contributed by atoms with Crippen molar-refractivity contribution in [1.29, 1.82) is 0 Å². The van der Waals surface area contributed by atoms with Gasteiger partial charge in [0, 0.05) is 12.5 Å². The molecular weight excluding hydrogens is 223 g/mol. The quantitative estimate of drug-likeness (QED) is 0.662. The molecule has 0 aromatic heterocycles. The van der Waals surface area contributed by atoms with Gasteiger partial charge in [-0.15, -0.1) is 0 Å². The van der Waals surface area contributed by atoms with Crippen LogP contribution in [-0.2, 0) is 11.2 Å². The van der Waals surface area contributed by atoms with E-state index in [1.807, 2.05) is 0 Å². The number of benzene rings is 1. The van der Waals surface area contributed by atoms with Gasteiger partial charge >= 0.3 is 0 Å². The van der Waals surface area contributed by atoms with Gasteiger partial charge in [0.1, 0.15) is 5.82 Å². The Morgan fingerprint density at radius 2 is 2.06 bits per heavy atom. The normalized spacial score (nSPS) is 14.3. The molecule has 17 heavy (non-hydrogen) atoms. The lowest BCUT2D eigenvalue weighted by Gasteiger charge is -2.16. The van der Waals surface area contributed by atoms with E-state index in [2.05, 4.69) is 0 Å². The average molecular weight is 240 g/mol. The van der Waals surface area contributed by atoms with Crippen molar-refractivity contribution in [2.75, 3.05) is 6.54 Å². The Kier molecular flexibility index (Phi) is 5.06. The largest absolute Gasteiger partial charge is 0.392 e. The van der Waals surface area contributed by atoms with Crippen molar-refractivity contribution in [3.8, 4) is 0 Å². The van der Waals surface area contributed by atoms with E-state index in [-0.39, 0.29) is 25.2 Å². The molecule has 0 heterocycles. The van der Waals surface area contributed by atoms with Crippen LogP contribution in [0.1, 0.15) is 12.0 Å². The summed E-state index contributed by atoms with van der Waals surface area (Å²) in [6, 6.07) is 6.19. The molecule has 2 atom stereocenters. The fourth-order valence-corrected chi connectivity index (χ4v) is 1.65. The first-order valence-corrected chi connectivity index (χ1v) is 5.45. The Morgan fingerprint density at radius 1 is 1.41 bits per heavy atom. The predicted octanol–water partition coefficient (Wildman–Crippen LogP) is 0.179. The summed E-state index contributed by atoms with van der Waals surface area (Å²) in [4.78, 5) is 11.2. The number of halogens is 1. The lowest BCUT2D eigenvalue weighted by molar-refractivity contribution is -0.122. The van der Waals surface area contributed by atoms with Gasteiger partial charge in [-0.2, -0.15) is 0 Å². The van der Waals surface area contributed by atoms with E-state index in [1.165, 1.54) is 6.07 Å². The highest BCUT2D eigenvalue weighted by Gasteiger charge is 2.20. The second kappa shape index (κ2) is 6.32. The molecule has 0 bridgehead atoms. The summed E-state index contributed by atoms with van der Waals surface area (Å²) in [7, 11) is 0. The van der Waals surface area contributed by atoms with E-state index in [0.29, 0.717) is 5.56 Å². The van der Waals surface area contributed by atoms with E-state index < -0.39 is 17.9 Å². The molecule has 0 aliphatic rings. The number of carbonyl (C=O) groups is 1. The molecule has 1 amide bonds. The Balaban J connectivity index is 2.74. The molecule has 1 rings (SSSR count). The van der Waals surface area contributed by atoms with Gasteiger partial charge < -0.3 is 16.6 Å². The summed E-state index contributed by atoms with van der Waals surface area (Å²) in [6.45, 7) is 0.0566. The molecule has 4 nitrogen and oxygen atoms in total. The number of hydrogen-bond acceptors (Lipinski definition) is 3. The van der Waals surface area contributed by atoms with Crippen molar-refractivity contribution in [3.63, 3.8) is 0 Å². The molecule has 0 aliphatic carbocycles. The zero-order valence-electron chi connectivity index (χ0n) is 9.47. The van der Waals surface area contributed by atoms with Crippen LogP contribution in [0.3, 0.4) is 0 Å². The number of hydrogen-bond donors (Lipinski definition) is 3. The van der Waals surface area contributed by atoms with Gasteiger partial charge in [0.2, 0.25) is 5.91 Å². The Hall–Kier alpha value is -1.46. The molecule has 1 aromatic rings. The summed E-state index contributed by atoms with van der Waals surface area (Å²) in [6.07, 6.45) is -0.460. The smallest absolute Gasteiger partial charge is 0.220 e. The maximum Gasteiger partial charge on any atom is 0.220 e. The highest BCUT2D eigenvalue weighted by atomic mass is 19.1. The summed E-state index contributed by atoms with van der Waals surface area (Å²) < 4.78 is 13.4. The maximum absolute atomic E-state index is 13.4. The van der Waals surface area contributed by atoms with E-state index in [4.69, 9.17) is 11.5 Å². The van der Waals surface area contributed by atoms with E-state index in [9.17, 15) is 14.3 Å². The lowest BCUT2D eigenvalue weighted by Crippen LogP contribution is -2.32. The number of aliphatic hydroxyl groups excluding tert-OH is 1. The fourth-order valence-electron chi connectivity index (χ4n) is 1.65. The van der Waals surface area contributed by atoms with Crippen LogP contribution in [0.25, 0.3) is 0 Å². The number of rotatable bonds is 6. The highest BCUT2D eigenvalue weighted by molar-refractivity contribution is 5.77. The van der Waals surface area contributed by atoms with Crippen LogP contribution >= 0.6 is 0 Å². The SMILES string of the molecule is NC[C@@H](O)C[C@@H](Cc1ccccc1F)C(N)=O. The average Bonchev–Trinajstić information content (AvgIpc) is 2.30. The van der Waals surface area contributed by atoms with Crippen LogP contribution in [0.4, 0.5) is 4.39 Å². The van der Waals surface area contributed by atoms with Crippen LogP contribution in [0, 0.1) is 11.7 Å². The minimum Gasteiger partial charge on any atom is -0.392 e. The minimum atomic E-state index is -0.792. The molecule has 5 N–H and O–H groups in total. The Bertz CT molecular complexity index is 385. The van der Waals surface area contributed by atoms with E-state index in [0.717, 1.165) is 0 Å². The molecule has 0 unspecified atom stereocenters. The molecule has 0 aliphatic heterocycles. The van der Waals surface area contributed by atoms with Crippen molar-refractivity contribution >= 4 is 5.91 Å². The molecule has 0 fully saturated rings. The van der Waals surface area contributed by atoms with Gasteiger partial charge in [0.25, 0.3) is 0 Å². The molecular formula is C12H17FN2O2. The second-order valence-corrected chi connectivity index (χ2v) is 4.02. The van der Waals surface area contributed by atoms with Crippen LogP contribution < -0.4 is 11.5 Å². The Morgan fingerprint density at radius 3 is 2.59 bits per heavy atom. The maximum atomic E-state index is 13.4. The number of nitrogens with two attached hydrogens (primary N) is 2. The minimum absolute atomic E-state index is 0.0566. The zero-order chi connectivity index (χ0) is 12.8. The Labute approximate surface area is 99.4 Å².